The lowest BCUT2D eigenvalue weighted by atomic mass is 10.1. The van der Waals surface area contributed by atoms with E-state index >= 15 is 0 Å². The summed E-state index contributed by atoms with van der Waals surface area (Å²) in [5.41, 5.74) is 3.64. The van der Waals surface area contributed by atoms with Crippen LogP contribution in [0.15, 0.2) is 24.4 Å². The minimum Gasteiger partial charge on any atom is -0.361 e. The lowest BCUT2D eigenvalue weighted by Gasteiger charge is -2.04. The van der Waals surface area contributed by atoms with Gasteiger partial charge in [0.15, 0.2) is 0 Å². The molecule has 66 valence electrons. The monoisotopic (exact) mass is 189 g/mol. The van der Waals surface area contributed by atoms with E-state index in [2.05, 4.69) is 31.0 Å². The number of pyridine rings is 1. The third kappa shape index (κ3) is 1.27. The van der Waals surface area contributed by atoms with Gasteiger partial charge in [0.1, 0.15) is 0 Å². The predicted molar refractivity (Wildman–Crippen MR) is 58.6 cm³/mol. The van der Waals surface area contributed by atoms with Gasteiger partial charge in [-0.25, -0.2) is 0 Å². The van der Waals surface area contributed by atoms with Gasteiger partial charge in [-0.2, -0.15) is 0 Å². The first kappa shape index (κ1) is 8.45. The fraction of sp³-hybridized carbons (Fsp3) is 0.182. The molecule has 1 N–H and O–H groups in total. The van der Waals surface area contributed by atoms with Crippen molar-refractivity contribution in [2.45, 2.75) is 13.8 Å². The van der Waals surface area contributed by atoms with Gasteiger partial charge in [-0.1, -0.05) is 24.4 Å². The van der Waals surface area contributed by atoms with Crippen molar-refractivity contribution in [1.29, 1.82) is 0 Å². The van der Waals surface area contributed by atoms with Gasteiger partial charge in [-0.3, -0.25) is 0 Å². The van der Waals surface area contributed by atoms with E-state index < -0.39 is 0 Å². The van der Waals surface area contributed by atoms with E-state index in [0.29, 0.717) is 0 Å². The van der Waals surface area contributed by atoms with Crippen LogP contribution in [0.2, 0.25) is 0 Å². The van der Waals surface area contributed by atoms with Crippen LogP contribution >= 0.6 is 12.2 Å². The van der Waals surface area contributed by atoms with Crippen molar-refractivity contribution in [1.82, 2.24) is 4.98 Å². The van der Waals surface area contributed by atoms with E-state index in [4.69, 9.17) is 12.2 Å². The van der Waals surface area contributed by atoms with Crippen LogP contribution in [0.1, 0.15) is 11.1 Å². The molecule has 0 amide bonds. The second-order valence-corrected chi connectivity index (χ2v) is 3.73. The van der Waals surface area contributed by atoms with Gasteiger partial charge < -0.3 is 4.98 Å². The second-order valence-electron chi connectivity index (χ2n) is 3.29. The SMILES string of the molecule is Cc1ccc(C)c2c(=S)cc[nH]c12. The number of hydrogen-bond acceptors (Lipinski definition) is 1. The number of aromatic nitrogens is 1. The summed E-state index contributed by atoms with van der Waals surface area (Å²) >= 11 is 5.28. The maximum Gasteiger partial charge on any atom is 0.0500 e. The molecule has 13 heavy (non-hydrogen) atoms. The summed E-state index contributed by atoms with van der Waals surface area (Å²) in [6.45, 7) is 4.18. The number of aryl methyl sites for hydroxylation is 2. The van der Waals surface area contributed by atoms with Crippen LogP contribution in [-0.4, -0.2) is 4.98 Å². The quantitative estimate of drug-likeness (QED) is 0.627. The molecule has 0 aliphatic heterocycles. The van der Waals surface area contributed by atoms with Gasteiger partial charge in [0.05, 0.1) is 0 Å². The van der Waals surface area contributed by atoms with E-state index in [-0.39, 0.29) is 0 Å². The molecule has 2 aromatic rings. The molecule has 0 unspecified atom stereocenters. The molecule has 0 spiro atoms. The van der Waals surface area contributed by atoms with Gasteiger partial charge in [0, 0.05) is 21.6 Å². The molecule has 0 atom stereocenters. The molecule has 0 bridgehead atoms. The molecule has 1 heterocycles. The number of H-pyrrole nitrogens is 1. The van der Waals surface area contributed by atoms with Crippen molar-refractivity contribution in [3.05, 3.63) is 40.0 Å². The molecule has 1 aromatic heterocycles. The Morgan fingerprint density at radius 3 is 2.46 bits per heavy atom. The molecular formula is C11H11NS. The second kappa shape index (κ2) is 2.96. The Bertz CT molecular complexity index is 511. The summed E-state index contributed by atoms with van der Waals surface area (Å²) in [6.07, 6.45) is 1.90. The molecule has 0 fully saturated rings. The van der Waals surface area contributed by atoms with Gasteiger partial charge in [-0.15, -0.1) is 0 Å². The lowest BCUT2D eigenvalue weighted by Crippen LogP contribution is -1.86. The molecule has 1 aromatic carbocycles. The highest BCUT2D eigenvalue weighted by molar-refractivity contribution is 7.71. The number of rotatable bonds is 0. The van der Waals surface area contributed by atoms with E-state index in [0.717, 1.165) is 10.0 Å². The number of benzene rings is 1. The molecule has 2 heteroatoms. The number of nitrogens with one attached hydrogen (secondary N) is 1. The van der Waals surface area contributed by atoms with Crippen molar-refractivity contribution in [2.75, 3.05) is 0 Å². The van der Waals surface area contributed by atoms with Crippen LogP contribution < -0.4 is 0 Å². The average molecular weight is 189 g/mol. The minimum absolute atomic E-state index is 0.926. The zero-order valence-corrected chi connectivity index (χ0v) is 8.53. The fourth-order valence-corrected chi connectivity index (χ4v) is 1.93. The zero-order chi connectivity index (χ0) is 9.42. The normalized spacial score (nSPS) is 10.6. The summed E-state index contributed by atoms with van der Waals surface area (Å²) in [6, 6.07) is 6.16. The van der Waals surface area contributed by atoms with Gasteiger partial charge >= 0.3 is 0 Å². The van der Waals surface area contributed by atoms with Gasteiger partial charge in [0.25, 0.3) is 0 Å². The third-order valence-corrected chi connectivity index (χ3v) is 2.67. The highest BCUT2D eigenvalue weighted by Gasteiger charge is 2.00. The topological polar surface area (TPSA) is 15.8 Å². The highest BCUT2D eigenvalue weighted by atomic mass is 32.1. The molecule has 0 saturated carbocycles. The Morgan fingerprint density at radius 2 is 1.77 bits per heavy atom. The molecule has 0 aliphatic carbocycles. The van der Waals surface area contributed by atoms with Crippen LogP contribution in [0.3, 0.4) is 0 Å². The van der Waals surface area contributed by atoms with Crippen molar-refractivity contribution in [3.63, 3.8) is 0 Å². The van der Waals surface area contributed by atoms with Crippen LogP contribution in [-0.2, 0) is 0 Å². The Labute approximate surface area is 82.4 Å². The number of aromatic amines is 1. The maximum atomic E-state index is 5.28. The standard InChI is InChI=1S/C11H11NS/c1-7-3-4-8(2)11-10(7)9(13)5-6-12-11/h3-6H,1-2H3,(H,12,13). The van der Waals surface area contributed by atoms with Crippen molar-refractivity contribution >= 4 is 23.1 Å². The van der Waals surface area contributed by atoms with E-state index in [1.807, 2.05) is 12.3 Å². The van der Waals surface area contributed by atoms with Crippen LogP contribution in [0.4, 0.5) is 0 Å². The Morgan fingerprint density at radius 1 is 1.08 bits per heavy atom. The maximum absolute atomic E-state index is 5.28. The molecule has 1 nitrogen and oxygen atoms in total. The minimum atomic E-state index is 0.926. The highest BCUT2D eigenvalue weighted by Crippen LogP contribution is 2.20. The van der Waals surface area contributed by atoms with Crippen molar-refractivity contribution < 1.29 is 0 Å². The Kier molecular flexibility index (Phi) is 1.93. The lowest BCUT2D eigenvalue weighted by molar-refractivity contribution is 1.34. The van der Waals surface area contributed by atoms with Crippen LogP contribution in [0.25, 0.3) is 10.9 Å². The largest absolute Gasteiger partial charge is 0.361 e. The molecule has 0 radical (unpaired) electrons. The fourth-order valence-electron chi connectivity index (χ4n) is 1.60. The van der Waals surface area contributed by atoms with Crippen molar-refractivity contribution in [2.24, 2.45) is 0 Å². The number of fused-ring (bicyclic) bond motifs is 1. The molecule has 0 aliphatic rings. The first-order chi connectivity index (χ1) is 6.20. The number of hydrogen-bond donors (Lipinski definition) is 1. The van der Waals surface area contributed by atoms with E-state index in [1.165, 1.54) is 16.5 Å². The Balaban J connectivity index is 3.09. The molecule has 0 saturated heterocycles. The van der Waals surface area contributed by atoms with Crippen molar-refractivity contribution in [3.8, 4) is 0 Å². The summed E-state index contributed by atoms with van der Waals surface area (Å²) in [5, 5.41) is 1.18. The predicted octanol–water partition coefficient (Wildman–Crippen LogP) is 3.51. The molecular weight excluding hydrogens is 178 g/mol. The van der Waals surface area contributed by atoms with Gasteiger partial charge in [-0.05, 0) is 31.0 Å². The summed E-state index contributed by atoms with van der Waals surface area (Å²) in [5.74, 6) is 0. The smallest absolute Gasteiger partial charge is 0.0500 e. The van der Waals surface area contributed by atoms with E-state index in [9.17, 15) is 0 Å². The zero-order valence-electron chi connectivity index (χ0n) is 7.72. The van der Waals surface area contributed by atoms with Crippen LogP contribution in [0, 0.1) is 18.4 Å². The Hall–Kier alpha value is -1.15. The first-order valence-electron chi connectivity index (χ1n) is 4.28. The van der Waals surface area contributed by atoms with Crippen LogP contribution in [0.5, 0.6) is 0 Å². The third-order valence-electron chi connectivity index (χ3n) is 2.33. The van der Waals surface area contributed by atoms with Gasteiger partial charge in [0.2, 0.25) is 0 Å². The van der Waals surface area contributed by atoms with E-state index in [1.54, 1.807) is 0 Å². The summed E-state index contributed by atoms with van der Waals surface area (Å²) in [4.78, 5) is 3.23. The summed E-state index contributed by atoms with van der Waals surface area (Å²) < 4.78 is 0.926. The average Bonchev–Trinajstić information content (AvgIpc) is 2.12. The first-order valence-corrected chi connectivity index (χ1v) is 4.68. The molecule has 2 rings (SSSR count). The summed E-state index contributed by atoms with van der Waals surface area (Å²) in [7, 11) is 0.